The Morgan fingerprint density at radius 2 is 1.68 bits per heavy atom. The van der Waals surface area contributed by atoms with E-state index in [0.717, 1.165) is 67.1 Å². The number of anilines is 1. The second-order valence-electron chi connectivity index (χ2n) is 11.7. The molecule has 4 aromatic rings. The first kappa shape index (κ1) is 25.7. The van der Waals surface area contributed by atoms with Crippen molar-refractivity contribution in [1.29, 1.82) is 0 Å². The SMILES string of the molecule is Cc1cc(C(=O)c2ccccn2)ccc1-c1ccc(C(=O)N2CCc3cc4c(cc32)C2(CCN(C)CC2)CO4)cc1. The largest absolute Gasteiger partial charge is 0.492 e. The molecule has 0 saturated carbocycles. The van der Waals surface area contributed by atoms with Crippen LogP contribution in [0.15, 0.2) is 79.0 Å². The lowest BCUT2D eigenvalue weighted by Gasteiger charge is -2.37. The highest BCUT2D eigenvalue weighted by atomic mass is 16.5. The molecule has 1 fully saturated rings. The van der Waals surface area contributed by atoms with Crippen molar-refractivity contribution < 1.29 is 14.3 Å². The molecule has 1 saturated heterocycles. The van der Waals surface area contributed by atoms with E-state index in [1.165, 1.54) is 11.1 Å². The molecule has 1 spiro atoms. The van der Waals surface area contributed by atoms with E-state index in [0.29, 0.717) is 23.4 Å². The third kappa shape index (κ3) is 4.43. The zero-order chi connectivity index (χ0) is 28.1. The summed E-state index contributed by atoms with van der Waals surface area (Å²) in [6.45, 7) is 5.56. The molecular weight excluding hydrogens is 510 g/mol. The number of piperidine rings is 1. The minimum Gasteiger partial charge on any atom is -0.492 e. The first-order chi connectivity index (χ1) is 19.9. The maximum Gasteiger partial charge on any atom is 0.258 e. The summed E-state index contributed by atoms with van der Waals surface area (Å²) in [5, 5.41) is 0. The van der Waals surface area contributed by atoms with Crippen molar-refractivity contribution >= 4 is 17.4 Å². The third-order valence-electron chi connectivity index (χ3n) is 9.17. The van der Waals surface area contributed by atoms with E-state index in [1.807, 2.05) is 60.4 Å². The Morgan fingerprint density at radius 3 is 2.41 bits per heavy atom. The highest BCUT2D eigenvalue weighted by Gasteiger charge is 2.44. The Balaban J connectivity index is 1.12. The van der Waals surface area contributed by atoms with Crippen LogP contribution < -0.4 is 9.64 Å². The van der Waals surface area contributed by atoms with Crippen LogP contribution in [0, 0.1) is 6.92 Å². The molecule has 3 aliphatic heterocycles. The molecule has 0 bridgehead atoms. The maximum absolute atomic E-state index is 13.7. The first-order valence-electron chi connectivity index (χ1n) is 14.4. The fraction of sp³-hybridized carbons (Fsp3) is 0.286. The number of carbonyl (C=O) groups excluding carboxylic acids is 2. The van der Waals surface area contributed by atoms with E-state index in [-0.39, 0.29) is 17.1 Å². The summed E-state index contributed by atoms with van der Waals surface area (Å²) < 4.78 is 6.20. The molecule has 3 aliphatic rings. The van der Waals surface area contributed by atoms with Crippen LogP contribution in [0.5, 0.6) is 5.75 Å². The number of pyridine rings is 1. The zero-order valence-corrected chi connectivity index (χ0v) is 23.5. The van der Waals surface area contributed by atoms with Gasteiger partial charge in [-0.2, -0.15) is 0 Å². The molecule has 3 aromatic carbocycles. The monoisotopic (exact) mass is 543 g/mol. The number of nitrogens with zero attached hydrogens (tertiary/aromatic N) is 3. The summed E-state index contributed by atoms with van der Waals surface area (Å²) in [6.07, 6.45) is 4.64. The minimum absolute atomic E-state index is 0.0274. The van der Waals surface area contributed by atoms with Gasteiger partial charge in [0.15, 0.2) is 0 Å². The molecule has 0 aliphatic carbocycles. The lowest BCUT2D eigenvalue weighted by Crippen LogP contribution is -2.42. The van der Waals surface area contributed by atoms with E-state index in [1.54, 1.807) is 18.3 Å². The standard InChI is InChI=1S/C35H33N3O3/c1-23-19-27(33(39)30-5-3-4-15-36-30)10-11-28(23)24-6-8-25(9-7-24)34(40)38-16-12-26-20-32-29(21-31(26)38)35(22-41-32)13-17-37(2)18-14-35/h3-11,15,19-21H,12-14,16-18,22H2,1-2H3. The number of ketones is 1. The number of hydrogen-bond acceptors (Lipinski definition) is 5. The van der Waals surface area contributed by atoms with E-state index in [9.17, 15) is 9.59 Å². The molecule has 0 atom stereocenters. The van der Waals surface area contributed by atoms with Crippen molar-refractivity contribution in [3.05, 3.63) is 113 Å². The van der Waals surface area contributed by atoms with Crippen molar-refractivity contribution in [2.24, 2.45) is 0 Å². The molecule has 0 unspecified atom stereocenters. The first-order valence-corrected chi connectivity index (χ1v) is 14.4. The molecule has 6 nitrogen and oxygen atoms in total. The molecule has 7 rings (SSSR count). The van der Waals surface area contributed by atoms with Gasteiger partial charge in [0.2, 0.25) is 5.78 Å². The highest BCUT2D eigenvalue weighted by Crippen LogP contribution is 2.49. The van der Waals surface area contributed by atoms with Crippen molar-refractivity contribution in [1.82, 2.24) is 9.88 Å². The molecule has 6 heteroatoms. The quantitative estimate of drug-likeness (QED) is 0.303. The van der Waals surface area contributed by atoms with Crippen LogP contribution in [0.4, 0.5) is 5.69 Å². The van der Waals surface area contributed by atoms with Crippen LogP contribution in [0.2, 0.25) is 0 Å². The normalized spacial score (nSPS) is 17.3. The van der Waals surface area contributed by atoms with Gasteiger partial charge in [0.1, 0.15) is 11.4 Å². The average Bonchev–Trinajstić information content (AvgIpc) is 3.58. The Bertz CT molecular complexity index is 1650. The van der Waals surface area contributed by atoms with Gasteiger partial charge in [-0.3, -0.25) is 14.6 Å². The summed E-state index contributed by atoms with van der Waals surface area (Å²) in [7, 11) is 2.18. The third-order valence-corrected chi connectivity index (χ3v) is 9.17. The lowest BCUT2D eigenvalue weighted by atomic mass is 9.74. The van der Waals surface area contributed by atoms with Gasteiger partial charge in [-0.25, -0.2) is 0 Å². The van der Waals surface area contributed by atoms with Gasteiger partial charge in [0, 0.05) is 40.5 Å². The second kappa shape index (κ2) is 9.96. The molecule has 41 heavy (non-hydrogen) atoms. The molecule has 0 radical (unpaired) electrons. The number of hydrogen-bond donors (Lipinski definition) is 0. The van der Waals surface area contributed by atoms with Gasteiger partial charge in [-0.05, 0) is 111 Å². The van der Waals surface area contributed by atoms with Crippen molar-refractivity contribution in [3.8, 4) is 16.9 Å². The van der Waals surface area contributed by atoms with Crippen LogP contribution in [0.1, 0.15) is 55.9 Å². The summed E-state index contributed by atoms with van der Waals surface area (Å²) in [5.41, 5.74) is 8.33. The molecule has 0 N–H and O–H groups in total. The molecule has 1 aromatic heterocycles. The average molecular weight is 544 g/mol. The number of fused-ring (bicyclic) bond motifs is 3. The van der Waals surface area contributed by atoms with Crippen LogP contribution in [0.3, 0.4) is 0 Å². The Hall–Kier alpha value is -4.29. The highest BCUT2D eigenvalue weighted by molar-refractivity contribution is 6.08. The number of benzene rings is 3. The molecule has 4 heterocycles. The zero-order valence-electron chi connectivity index (χ0n) is 23.5. The predicted octanol–water partition coefficient (Wildman–Crippen LogP) is 5.85. The van der Waals surface area contributed by atoms with Gasteiger partial charge >= 0.3 is 0 Å². The molecule has 1 amide bonds. The van der Waals surface area contributed by atoms with Crippen LogP contribution in [-0.2, 0) is 11.8 Å². The van der Waals surface area contributed by atoms with Gasteiger partial charge < -0.3 is 14.5 Å². The summed E-state index contributed by atoms with van der Waals surface area (Å²) >= 11 is 0. The number of rotatable bonds is 4. The Labute approximate surface area is 240 Å². The summed E-state index contributed by atoms with van der Waals surface area (Å²) in [5.74, 6) is 0.945. The van der Waals surface area contributed by atoms with Gasteiger partial charge in [0.25, 0.3) is 5.91 Å². The smallest absolute Gasteiger partial charge is 0.258 e. The van der Waals surface area contributed by atoms with Gasteiger partial charge in [-0.15, -0.1) is 0 Å². The summed E-state index contributed by atoms with van der Waals surface area (Å²) in [6, 6.07) is 23.3. The number of likely N-dealkylation sites (tertiary alicyclic amines) is 1. The second-order valence-corrected chi connectivity index (χ2v) is 11.7. The minimum atomic E-state index is -0.0916. The van der Waals surface area contributed by atoms with Crippen molar-refractivity contribution in [2.45, 2.75) is 31.6 Å². The maximum atomic E-state index is 13.7. The van der Waals surface area contributed by atoms with Crippen molar-refractivity contribution in [2.75, 3.05) is 38.2 Å². The van der Waals surface area contributed by atoms with E-state index < -0.39 is 0 Å². The number of aryl methyl sites for hydroxylation is 1. The number of carbonyl (C=O) groups is 2. The fourth-order valence-electron chi connectivity index (χ4n) is 6.64. The van der Waals surface area contributed by atoms with E-state index >= 15 is 0 Å². The fourth-order valence-corrected chi connectivity index (χ4v) is 6.64. The van der Waals surface area contributed by atoms with Crippen molar-refractivity contribution in [3.63, 3.8) is 0 Å². The lowest BCUT2D eigenvalue weighted by molar-refractivity contribution is 0.0988. The summed E-state index contributed by atoms with van der Waals surface area (Å²) in [4.78, 5) is 35.1. The predicted molar refractivity (Wildman–Crippen MR) is 160 cm³/mol. The van der Waals surface area contributed by atoms with Crippen LogP contribution >= 0.6 is 0 Å². The number of amides is 1. The Morgan fingerprint density at radius 1 is 0.902 bits per heavy atom. The van der Waals surface area contributed by atoms with Gasteiger partial charge in [0.05, 0.1) is 6.61 Å². The van der Waals surface area contributed by atoms with E-state index in [2.05, 4.69) is 29.1 Å². The molecular formula is C35H33N3O3. The number of aromatic nitrogens is 1. The topological polar surface area (TPSA) is 62.7 Å². The van der Waals surface area contributed by atoms with Crippen LogP contribution in [0.25, 0.3) is 11.1 Å². The molecule has 206 valence electrons. The number of ether oxygens (including phenoxy) is 1. The van der Waals surface area contributed by atoms with Crippen LogP contribution in [-0.4, -0.2) is 54.9 Å². The van der Waals surface area contributed by atoms with Gasteiger partial charge in [-0.1, -0.05) is 30.3 Å². The Kier molecular flexibility index (Phi) is 6.24. The van der Waals surface area contributed by atoms with E-state index in [4.69, 9.17) is 4.74 Å².